The molecule has 0 aliphatic carbocycles. The molecule has 5 heteroatoms. The number of carbonyl (C=O) groups excluding carboxylic acids is 1. The van der Waals surface area contributed by atoms with E-state index in [0.717, 1.165) is 12.2 Å². The average molecular weight is 310 g/mol. The van der Waals surface area contributed by atoms with Crippen molar-refractivity contribution in [3.8, 4) is 11.5 Å². The summed E-state index contributed by atoms with van der Waals surface area (Å²) in [5.41, 5.74) is 0.139. The number of para-hydroxylation sites is 2. The number of phenolic OH excluding ortho intramolecular Hbond substituents is 2. The fourth-order valence-electron chi connectivity index (χ4n) is 1.89. The van der Waals surface area contributed by atoms with Crippen molar-refractivity contribution in [3.05, 3.63) is 71.3 Å². The highest BCUT2D eigenvalue weighted by molar-refractivity contribution is 6.25. The molecule has 2 aromatic carbocycles. The molecular weight excluding hydrogens is 296 g/mol. The number of phenols is 2. The van der Waals surface area contributed by atoms with Crippen LogP contribution in [0, 0.1) is 0 Å². The molecule has 0 radical (unpaired) electrons. The summed E-state index contributed by atoms with van der Waals surface area (Å²) in [5, 5.41) is 28.5. The topological polar surface area (TPSA) is 94.8 Å². The van der Waals surface area contributed by atoms with Crippen LogP contribution in [-0.2, 0) is 9.59 Å². The number of benzene rings is 2. The molecule has 0 unspecified atom stereocenters. The van der Waals surface area contributed by atoms with E-state index in [4.69, 9.17) is 0 Å². The minimum absolute atomic E-state index is 0.0156. The van der Waals surface area contributed by atoms with Gasteiger partial charge < -0.3 is 15.3 Å². The highest BCUT2D eigenvalue weighted by atomic mass is 16.4. The van der Waals surface area contributed by atoms with Gasteiger partial charge in [-0.3, -0.25) is 4.79 Å². The molecule has 0 amide bonds. The molecule has 0 saturated carbocycles. The van der Waals surface area contributed by atoms with Crippen molar-refractivity contribution in [1.29, 1.82) is 0 Å². The lowest BCUT2D eigenvalue weighted by Gasteiger charge is -2.01. The molecule has 0 aliphatic rings. The van der Waals surface area contributed by atoms with E-state index >= 15 is 0 Å². The minimum Gasteiger partial charge on any atom is -0.507 e. The summed E-state index contributed by atoms with van der Waals surface area (Å²) in [4.78, 5) is 23.4. The predicted molar refractivity (Wildman–Crippen MR) is 85.9 cm³/mol. The maximum Gasteiger partial charge on any atom is 0.339 e. The quantitative estimate of drug-likeness (QED) is 0.448. The number of carboxylic acids is 1. The Morgan fingerprint density at radius 2 is 1.35 bits per heavy atom. The number of carbonyl (C=O) groups is 2. The summed E-state index contributed by atoms with van der Waals surface area (Å²) < 4.78 is 0. The van der Waals surface area contributed by atoms with Crippen LogP contribution in [0.15, 0.2) is 60.2 Å². The fourth-order valence-corrected chi connectivity index (χ4v) is 1.89. The van der Waals surface area contributed by atoms with Crippen molar-refractivity contribution in [2.45, 2.75) is 0 Å². The van der Waals surface area contributed by atoms with E-state index in [1.165, 1.54) is 24.3 Å². The minimum atomic E-state index is -1.40. The zero-order valence-corrected chi connectivity index (χ0v) is 12.0. The number of hydrogen-bond donors (Lipinski definition) is 3. The van der Waals surface area contributed by atoms with Gasteiger partial charge >= 0.3 is 5.97 Å². The van der Waals surface area contributed by atoms with E-state index in [2.05, 4.69) is 0 Å². The Kier molecular flexibility index (Phi) is 4.94. The third kappa shape index (κ3) is 4.07. The van der Waals surface area contributed by atoms with Gasteiger partial charge in [0.05, 0.1) is 0 Å². The van der Waals surface area contributed by atoms with Crippen molar-refractivity contribution >= 4 is 23.9 Å². The van der Waals surface area contributed by atoms with E-state index in [1.54, 1.807) is 30.3 Å². The molecule has 0 saturated heterocycles. The lowest BCUT2D eigenvalue weighted by molar-refractivity contribution is -0.133. The van der Waals surface area contributed by atoms with Crippen LogP contribution in [0.1, 0.15) is 11.1 Å². The van der Waals surface area contributed by atoms with Gasteiger partial charge in [-0.15, -0.1) is 0 Å². The Balaban J connectivity index is 2.32. The summed E-state index contributed by atoms with van der Waals surface area (Å²) >= 11 is 0. The number of aliphatic carboxylic acids is 1. The zero-order valence-electron chi connectivity index (χ0n) is 12.0. The SMILES string of the molecule is O=C(O)C(=Cc1ccccc1O)C(=O)C=Cc1ccccc1O. The first-order valence-corrected chi connectivity index (χ1v) is 6.72. The molecule has 0 aliphatic heterocycles. The summed E-state index contributed by atoms with van der Waals surface area (Å²) in [6.45, 7) is 0. The lowest BCUT2D eigenvalue weighted by atomic mass is 10.0. The first kappa shape index (κ1) is 16.0. The van der Waals surface area contributed by atoms with Crippen LogP contribution in [-0.4, -0.2) is 27.1 Å². The zero-order chi connectivity index (χ0) is 16.8. The molecule has 3 N–H and O–H groups in total. The molecule has 0 fully saturated rings. The molecular formula is C18H14O5. The Labute approximate surface area is 132 Å². The maximum atomic E-state index is 12.1. The average Bonchev–Trinajstić information content (AvgIpc) is 2.52. The van der Waals surface area contributed by atoms with Gasteiger partial charge in [-0.05, 0) is 30.4 Å². The van der Waals surface area contributed by atoms with Crippen LogP contribution >= 0.6 is 0 Å². The second-order valence-electron chi connectivity index (χ2n) is 4.68. The summed E-state index contributed by atoms with van der Waals surface area (Å²) in [5.74, 6) is -2.29. The maximum absolute atomic E-state index is 12.1. The van der Waals surface area contributed by atoms with Gasteiger partial charge in [-0.2, -0.15) is 0 Å². The van der Waals surface area contributed by atoms with Crippen LogP contribution in [0.2, 0.25) is 0 Å². The molecule has 2 rings (SSSR count). The second-order valence-corrected chi connectivity index (χ2v) is 4.68. The van der Waals surface area contributed by atoms with Gasteiger partial charge in [0, 0.05) is 11.1 Å². The number of hydrogen-bond acceptors (Lipinski definition) is 4. The second kappa shape index (κ2) is 7.09. The van der Waals surface area contributed by atoms with Crippen LogP contribution < -0.4 is 0 Å². The molecule has 2 aromatic rings. The number of allylic oxidation sites excluding steroid dienone is 1. The predicted octanol–water partition coefficient (Wildman–Crippen LogP) is 2.85. The van der Waals surface area contributed by atoms with Crippen molar-refractivity contribution in [2.75, 3.05) is 0 Å². The molecule has 5 nitrogen and oxygen atoms in total. The molecule has 0 heterocycles. The van der Waals surface area contributed by atoms with E-state index in [0.29, 0.717) is 5.56 Å². The van der Waals surface area contributed by atoms with Crippen molar-refractivity contribution in [2.24, 2.45) is 0 Å². The fraction of sp³-hybridized carbons (Fsp3) is 0. The Bertz CT molecular complexity index is 803. The van der Waals surface area contributed by atoms with Crippen LogP contribution in [0.4, 0.5) is 0 Å². The summed E-state index contributed by atoms with van der Waals surface area (Å²) in [6, 6.07) is 12.5. The molecule has 0 aromatic heterocycles. The van der Waals surface area contributed by atoms with Gasteiger partial charge in [-0.1, -0.05) is 36.4 Å². The monoisotopic (exact) mass is 310 g/mol. The van der Waals surface area contributed by atoms with E-state index < -0.39 is 17.3 Å². The van der Waals surface area contributed by atoms with Crippen LogP contribution in [0.5, 0.6) is 11.5 Å². The van der Waals surface area contributed by atoms with E-state index in [9.17, 15) is 24.9 Å². The smallest absolute Gasteiger partial charge is 0.339 e. The normalized spacial score (nSPS) is 11.6. The van der Waals surface area contributed by atoms with Gasteiger partial charge in [-0.25, -0.2) is 4.79 Å². The largest absolute Gasteiger partial charge is 0.507 e. The molecule has 0 atom stereocenters. The third-order valence-electron chi connectivity index (χ3n) is 3.08. The third-order valence-corrected chi connectivity index (χ3v) is 3.08. The number of aromatic hydroxyl groups is 2. The van der Waals surface area contributed by atoms with Crippen molar-refractivity contribution < 1.29 is 24.9 Å². The number of ketones is 1. The Hall–Kier alpha value is -3.34. The van der Waals surface area contributed by atoms with Gasteiger partial charge in [0.2, 0.25) is 0 Å². The highest BCUT2D eigenvalue weighted by Crippen LogP contribution is 2.21. The van der Waals surface area contributed by atoms with Gasteiger partial charge in [0.1, 0.15) is 17.1 Å². The van der Waals surface area contributed by atoms with Gasteiger partial charge in [0.15, 0.2) is 5.78 Å². The van der Waals surface area contributed by atoms with Gasteiger partial charge in [0.25, 0.3) is 0 Å². The first-order valence-electron chi connectivity index (χ1n) is 6.72. The molecule has 0 bridgehead atoms. The molecule has 116 valence electrons. The number of rotatable bonds is 5. The van der Waals surface area contributed by atoms with Crippen molar-refractivity contribution in [3.63, 3.8) is 0 Å². The van der Waals surface area contributed by atoms with E-state index in [1.807, 2.05) is 0 Å². The molecule has 23 heavy (non-hydrogen) atoms. The van der Waals surface area contributed by atoms with Crippen molar-refractivity contribution in [1.82, 2.24) is 0 Å². The lowest BCUT2D eigenvalue weighted by Crippen LogP contribution is -2.09. The van der Waals surface area contributed by atoms with E-state index in [-0.39, 0.29) is 17.1 Å². The molecule has 0 spiro atoms. The summed E-state index contributed by atoms with van der Waals surface area (Å²) in [7, 11) is 0. The number of carboxylic acid groups (broad SMARTS) is 1. The summed E-state index contributed by atoms with van der Waals surface area (Å²) in [6.07, 6.45) is 3.50. The van der Waals surface area contributed by atoms with Crippen LogP contribution in [0.25, 0.3) is 12.2 Å². The first-order chi connectivity index (χ1) is 11.0. The highest BCUT2D eigenvalue weighted by Gasteiger charge is 2.15. The Morgan fingerprint density at radius 3 is 1.87 bits per heavy atom. The standard InChI is InChI=1S/C18H14O5/c19-15-7-3-1-5-12(15)9-10-17(21)14(18(22)23)11-13-6-2-4-8-16(13)20/h1-11,19-20H,(H,22,23). The van der Waals surface area contributed by atoms with Crippen LogP contribution in [0.3, 0.4) is 0 Å². The Morgan fingerprint density at radius 1 is 0.826 bits per heavy atom.